The topological polar surface area (TPSA) is 82.2 Å². The number of carbonyl (C=O) groups is 1. The Morgan fingerprint density at radius 1 is 1.45 bits per heavy atom. The van der Waals surface area contributed by atoms with E-state index in [1.165, 1.54) is 0 Å². The van der Waals surface area contributed by atoms with E-state index < -0.39 is 11.9 Å². The number of ether oxygens (including phenoxy) is 1. The first-order chi connectivity index (χ1) is 10.7. The normalized spacial score (nSPS) is 19.0. The highest BCUT2D eigenvalue weighted by molar-refractivity contribution is 5.84. The number of hydrogen-bond donors (Lipinski definition) is 2. The molecule has 3 N–H and O–H groups in total. The van der Waals surface area contributed by atoms with Crippen LogP contribution < -0.4 is 11.1 Å². The van der Waals surface area contributed by atoms with Gasteiger partial charge >= 0.3 is 0 Å². The Bertz CT molecular complexity index is 620. The van der Waals surface area contributed by atoms with E-state index in [1.807, 2.05) is 41.2 Å². The van der Waals surface area contributed by atoms with Crippen LogP contribution in [0, 0.1) is 0 Å². The SMILES string of the molecule is NC(=O)[C@@H](Nc1cnn(C[C@H]2CCCO2)c1)c1ccccc1. The van der Waals surface area contributed by atoms with Crippen molar-refractivity contribution in [1.29, 1.82) is 0 Å². The van der Waals surface area contributed by atoms with Gasteiger partial charge in [0.2, 0.25) is 5.91 Å². The van der Waals surface area contributed by atoms with Gasteiger partial charge in [0.1, 0.15) is 6.04 Å². The van der Waals surface area contributed by atoms with Crippen LogP contribution in [-0.2, 0) is 16.1 Å². The highest BCUT2D eigenvalue weighted by Crippen LogP contribution is 2.20. The number of primary amides is 1. The van der Waals surface area contributed by atoms with Crippen molar-refractivity contribution < 1.29 is 9.53 Å². The van der Waals surface area contributed by atoms with Crippen molar-refractivity contribution in [2.45, 2.75) is 31.5 Å². The van der Waals surface area contributed by atoms with Crippen molar-refractivity contribution >= 4 is 11.6 Å². The maximum absolute atomic E-state index is 11.7. The zero-order valence-corrected chi connectivity index (χ0v) is 12.3. The van der Waals surface area contributed by atoms with E-state index >= 15 is 0 Å². The zero-order valence-electron chi connectivity index (χ0n) is 12.3. The Hall–Kier alpha value is -2.34. The lowest BCUT2D eigenvalue weighted by molar-refractivity contribution is -0.118. The molecule has 0 radical (unpaired) electrons. The second-order valence-corrected chi connectivity index (χ2v) is 5.48. The van der Waals surface area contributed by atoms with Gasteiger partial charge in [0.05, 0.1) is 24.5 Å². The van der Waals surface area contributed by atoms with Gasteiger partial charge in [-0.2, -0.15) is 5.10 Å². The lowest BCUT2D eigenvalue weighted by Crippen LogP contribution is -2.27. The summed E-state index contributed by atoms with van der Waals surface area (Å²) in [5.74, 6) is -0.418. The molecule has 2 heterocycles. The average molecular weight is 300 g/mol. The fourth-order valence-electron chi connectivity index (χ4n) is 2.67. The van der Waals surface area contributed by atoms with Crippen molar-refractivity contribution in [3.63, 3.8) is 0 Å². The quantitative estimate of drug-likeness (QED) is 0.850. The van der Waals surface area contributed by atoms with Gasteiger partial charge in [-0.05, 0) is 18.4 Å². The van der Waals surface area contributed by atoms with Crippen LogP contribution in [0.1, 0.15) is 24.4 Å². The molecule has 6 nitrogen and oxygen atoms in total. The number of nitrogens with zero attached hydrogens (tertiary/aromatic N) is 2. The summed E-state index contributed by atoms with van der Waals surface area (Å²) >= 11 is 0. The van der Waals surface area contributed by atoms with Crippen LogP contribution >= 0.6 is 0 Å². The molecule has 2 aromatic rings. The van der Waals surface area contributed by atoms with E-state index in [9.17, 15) is 4.79 Å². The molecule has 1 saturated heterocycles. The van der Waals surface area contributed by atoms with Crippen LogP contribution in [0.15, 0.2) is 42.7 Å². The van der Waals surface area contributed by atoms with E-state index in [-0.39, 0.29) is 6.10 Å². The van der Waals surface area contributed by atoms with Gasteiger partial charge < -0.3 is 15.8 Å². The molecular weight excluding hydrogens is 280 g/mol. The molecule has 1 aliphatic heterocycles. The van der Waals surface area contributed by atoms with Gasteiger partial charge in [-0.3, -0.25) is 9.48 Å². The minimum atomic E-state index is -0.568. The molecule has 1 amide bonds. The predicted molar refractivity (Wildman–Crippen MR) is 83.2 cm³/mol. The first-order valence-electron chi connectivity index (χ1n) is 7.47. The van der Waals surface area contributed by atoms with Gasteiger partial charge in [0, 0.05) is 12.8 Å². The standard InChI is InChI=1S/C16H20N4O2/c17-16(21)15(12-5-2-1-3-6-12)19-13-9-18-20(10-13)11-14-7-4-8-22-14/h1-3,5-6,9-10,14-15,19H,4,7-8,11H2,(H2,17,21)/t14-,15+/m1/s1. The summed E-state index contributed by atoms with van der Waals surface area (Å²) < 4.78 is 7.43. The molecule has 0 unspecified atom stereocenters. The smallest absolute Gasteiger partial charge is 0.244 e. The minimum Gasteiger partial charge on any atom is -0.376 e. The fraction of sp³-hybridized carbons (Fsp3) is 0.375. The van der Waals surface area contributed by atoms with Crippen molar-refractivity contribution in [3.05, 3.63) is 48.3 Å². The molecule has 0 bridgehead atoms. The molecule has 1 aromatic heterocycles. The molecule has 1 aromatic carbocycles. The molecule has 0 aliphatic carbocycles. The number of anilines is 1. The van der Waals surface area contributed by atoms with E-state index in [4.69, 9.17) is 10.5 Å². The Kier molecular flexibility index (Phi) is 4.39. The van der Waals surface area contributed by atoms with Crippen LogP contribution in [0.5, 0.6) is 0 Å². The van der Waals surface area contributed by atoms with Crippen LogP contribution in [-0.4, -0.2) is 28.4 Å². The van der Waals surface area contributed by atoms with Gasteiger partial charge in [-0.1, -0.05) is 30.3 Å². The van der Waals surface area contributed by atoms with E-state index in [2.05, 4.69) is 10.4 Å². The molecule has 0 saturated carbocycles. The predicted octanol–water partition coefficient (Wildman–Crippen LogP) is 1.70. The maximum Gasteiger partial charge on any atom is 0.244 e. The van der Waals surface area contributed by atoms with Gasteiger partial charge in [-0.25, -0.2) is 0 Å². The third-order valence-electron chi connectivity index (χ3n) is 3.78. The molecule has 2 atom stereocenters. The number of nitrogens with one attached hydrogen (secondary N) is 1. The van der Waals surface area contributed by atoms with Crippen molar-refractivity contribution in [2.75, 3.05) is 11.9 Å². The summed E-state index contributed by atoms with van der Waals surface area (Å²) in [4.78, 5) is 11.7. The third-order valence-corrected chi connectivity index (χ3v) is 3.78. The summed E-state index contributed by atoms with van der Waals surface area (Å²) in [5, 5.41) is 7.45. The number of nitrogens with two attached hydrogens (primary N) is 1. The number of rotatable bonds is 6. The first kappa shape index (κ1) is 14.6. The summed E-state index contributed by atoms with van der Waals surface area (Å²) in [6.45, 7) is 1.56. The Labute approximate surface area is 129 Å². The lowest BCUT2D eigenvalue weighted by Gasteiger charge is -2.15. The molecule has 1 aliphatic rings. The molecule has 6 heteroatoms. The Morgan fingerprint density at radius 3 is 2.95 bits per heavy atom. The number of aromatic nitrogens is 2. The van der Waals surface area contributed by atoms with E-state index in [0.29, 0.717) is 0 Å². The van der Waals surface area contributed by atoms with E-state index in [1.54, 1.807) is 6.20 Å². The second kappa shape index (κ2) is 6.62. The summed E-state index contributed by atoms with van der Waals surface area (Å²) in [7, 11) is 0. The van der Waals surface area contributed by atoms with Crippen molar-refractivity contribution in [2.24, 2.45) is 5.73 Å². The van der Waals surface area contributed by atoms with Crippen LogP contribution in [0.3, 0.4) is 0 Å². The molecule has 3 rings (SSSR count). The fourth-order valence-corrected chi connectivity index (χ4v) is 2.67. The minimum absolute atomic E-state index is 0.230. The molecule has 0 spiro atoms. The summed E-state index contributed by atoms with van der Waals surface area (Å²) in [6, 6.07) is 8.85. The molecule has 22 heavy (non-hydrogen) atoms. The molecule has 116 valence electrons. The highest BCUT2D eigenvalue weighted by Gasteiger charge is 2.19. The second-order valence-electron chi connectivity index (χ2n) is 5.48. The third kappa shape index (κ3) is 3.46. The number of amides is 1. The average Bonchev–Trinajstić information content (AvgIpc) is 3.18. The maximum atomic E-state index is 11.7. The van der Waals surface area contributed by atoms with Crippen LogP contribution in [0.4, 0.5) is 5.69 Å². The molecular formula is C16H20N4O2. The Balaban J connectivity index is 1.68. The summed E-state index contributed by atoms with van der Waals surface area (Å²) in [5.41, 5.74) is 7.11. The number of carbonyl (C=O) groups excluding carboxylic acids is 1. The van der Waals surface area contributed by atoms with Crippen LogP contribution in [0.2, 0.25) is 0 Å². The van der Waals surface area contributed by atoms with Gasteiger partial charge in [0.15, 0.2) is 0 Å². The van der Waals surface area contributed by atoms with Gasteiger partial charge in [0.25, 0.3) is 0 Å². The Morgan fingerprint density at radius 2 is 2.27 bits per heavy atom. The number of benzene rings is 1. The number of hydrogen-bond acceptors (Lipinski definition) is 4. The largest absolute Gasteiger partial charge is 0.376 e. The van der Waals surface area contributed by atoms with Crippen molar-refractivity contribution in [1.82, 2.24) is 9.78 Å². The zero-order chi connectivity index (χ0) is 15.4. The van der Waals surface area contributed by atoms with Crippen LogP contribution in [0.25, 0.3) is 0 Å². The lowest BCUT2D eigenvalue weighted by atomic mass is 10.1. The van der Waals surface area contributed by atoms with Crippen molar-refractivity contribution in [3.8, 4) is 0 Å². The van der Waals surface area contributed by atoms with Gasteiger partial charge in [-0.15, -0.1) is 0 Å². The molecule has 1 fully saturated rings. The first-order valence-corrected chi connectivity index (χ1v) is 7.47. The van der Waals surface area contributed by atoms with E-state index in [0.717, 1.165) is 37.2 Å². The summed E-state index contributed by atoms with van der Waals surface area (Å²) in [6.07, 6.45) is 5.98. The monoisotopic (exact) mass is 300 g/mol. The highest BCUT2D eigenvalue weighted by atomic mass is 16.5.